The first-order chi connectivity index (χ1) is 9.34. The number of ether oxygens (including phenoxy) is 1. The molecule has 20 heavy (non-hydrogen) atoms. The molecule has 0 aromatic heterocycles. The Kier molecular flexibility index (Phi) is 5.25. The summed E-state index contributed by atoms with van der Waals surface area (Å²) in [7, 11) is 1.27. The highest BCUT2D eigenvalue weighted by Gasteiger charge is 2.35. The van der Waals surface area contributed by atoms with Gasteiger partial charge in [0.15, 0.2) is 0 Å². The van der Waals surface area contributed by atoms with Gasteiger partial charge in [0.05, 0.1) is 7.11 Å². The number of carbonyl (C=O) groups excluding carboxylic acids is 2. The number of hydrogen-bond acceptors (Lipinski definition) is 3. The SMILES string of the molecule is CCCC(C)(NC(=O)c1ccc(C)c(F)c1)C(=O)OC. The maximum Gasteiger partial charge on any atom is 0.331 e. The lowest BCUT2D eigenvalue weighted by molar-refractivity contribution is -0.147. The van der Waals surface area contributed by atoms with E-state index in [2.05, 4.69) is 5.32 Å². The summed E-state index contributed by atoms with van der Waals surface area (Å²) in [5.74, 6) is -1.46. The number of esters is 1. The molecule has 0 aliphatic rings. The van der Waals surface area contributed by atoms with E-state index < -0.39 is 23.2 Å². The monoisotopic (exact) mass is 281 g/mol. The smallest absolute Gasteiger partial charge is 0.331 e. The van der Waals surface area contributed by atoms with Crippen molar-refractivity contribution in [1.29, 1.82) is 0 Å². The Morgan fingerprint density at radius 1 is 1.40 bits per heavy atom. The minimum absolute atomic E-state index is 0.180. The molecule has 5 heteroatoms. The van der Waals surface area contributed by atoms with Crippen LogP contribution in [-0.4, -0.2) is 24.5 Å². The molecule has 0 heterocycles. The van der Waals surface area contributed by atoms with Gasteiger partial charge >= 0.3 is 5.97 Å². The van der Waals surface area contributed by atoms with E-state index in [0.717, 1.165) is 6.07 Å². The van der Waals surface area contributed by atoms with Crippen LogP contribution in [0.25, 0.3) is 0 Å². The minimum Gasteiger partial charge on any atom is -0.467 e. The molecule has 0 fully saturated rings. The highest BCUT2D eigenvalue weighted by atomic mass is 19.1. The number of methoxy groups -OCH3 is 1. The Hall–Kier alpha value is -1.91. The summed E-state index contributed by atoms with van der Waals surface area (Å²) < 4.78 is 18.2. The Morgan fingerprint density at radius 3 is 2.55 bits per heavy atom. The van der Waals surface area contributed by atoms with Crippen LogP contribution in [0.2, 0.25) is 0 Å². The van der Waals surface area contributed by atoms with Gasteiger partial charge in [0.25, 0.3) is 5.91 Å². The Balaban J connectivity index is 2.96. The van der Waals surface area contributed by atoms with Gasteiger partial charge in [0.1, 0.15) is 11.4 Å². The van der Waals surface area contributed by atoms with Gasteiger partial charge in [-0.15, -0.1) is 0 Å². The van der Waals surface area contributed by atoms with Crippen molar-refractivity contribution in [2.45, 2.75) is 39.2 Å². The molecular weight excluding hydrogens is 261 g/mol. The summed E-state index contributed by atoms with van der Waals surface area (Å²) in [6, 6.07) is 4.21. The first kappa shape index (κ1) is 16.1. The van der Waals surface area contributed by atoms with Crippen LogP contribution in [-0.2, 0) is 9.53 Å². The zero-order valence-electron chi connectivity index (χ0n) is 12.2. The molecule has 1 aromatic carbocycles. The number of amides is 1. The molecule has 0 radical (unpaired) electrons. The van der Waals surface area contributed by atoms with Crippen molar-refractivity contribution in [3.63, 3.8) is 0 Å². The van der Waals surface area contributed by atoms with Crippen molar-refractivity contribution in [1.82, 2.24) is 5.32 Å². The maximum absolute atomic E-state index is 13.5. The van der Waals surface area contributed by atoms with Crippen molar-refractivity contribution in [3.8, 4) is 0 Å². The van der Waals surface area contributed by atoms with Crippen molar-refractivity contribution < 1.29 is 18.7 Å². The molecule has 0 aliphatic carbocycles. The molecule has 110 valence electrons. The zero-order valence-corrected chi connectivity index (χ0v) is 12.2. The third-order valence-corrected chi connectivity index (χ3v) is 3.21. The predicted molar refractivity (Wildman–Crippen MR) is 73.9 cm³/mol. The fourth-order valence-electron chi connectivity index (χ4n) is 2.00. The maximum atomic E-state index is 13.5. The summed E-state index contributed by atoms with van der Waals surface area (Å²) in [4.78, 5) is 23.9. The number of nitrogens with one attached hydrogen (secondary N) is 1. The van der Waals surface area contributed by atoms with Gasteiger partial charge < -0.3 is 10.1 Å². The van der Waals surface area contributed by atoms with Gasteiger partial charge in [0.2, 0.25) is 0 Å². The topological polar surface area (TPSA) is 55.4 Å². The second-order valence-corrected chi connectivity index (χ2v) is 4.99. The van der Waals surface area contributed by atoms with Crippen LogP contribution >= 0.6 is 0 Å². The Labute approximate surface area is 118 Å². The van der Waals surface area contributed by atoms with Crippen molar-refractivity contribution >= 4 is 11.9 Å². The Morgan fingerprint density at radius 2 is 2.05 bits per heavy atom. The summed E-state index contributed by atoms with van der Waals surface area (Å²) in [6.07, 6.45) is 1.15. The molecule has 1 rings (SSSR count). The van der Waals surface area contributed by atoms with E-state index in [1.807, 2.05) is 6.92 Å². The van der Waals surface area contributed by atoms with E-state index in [4.69, 9.17) is 4.74 Å². The van der Waals surface area contributed by atoms with Gasteiger partial charge in [-0.1, -0.05) is 19.4 Å². The molecule has 1 N–H and O–H groups in total. The van der Waals surface area contributed by atoms with Gasteiger partial charge in [-0.05, 0) is 38.0 Å². The van der Waals surface area contributed by atoms with Gasteiger partial charge in [-0.2, -0.15) is 0 Å². The second kappa shape index (κ2) is 6.50. The van der Waals surface area contributed by atoms with Crippen LogP contribution in [0.15, 0.2) is 18.2 Å². The summed E-state index contributed by atoms with van der Waals surface area (Å²) in [5.41, 5.74) is -0.466. The van der Waals surface area contributed by atoms with Gasteiger partial charge in [0, 0.05) is 5.56 Å². The molecule has 1 unspecified atom stereocenters. The van der Waals surface area contributed by atoms with Gasteiger partial charge in [-0.25, -0.2) is 9.18 Å². The average Bonchev–Trinajstić information content (AvgIpc) is 2.40. The quantitative estimate of drug-likeness (QED) is 0.844. The Bertz CT molecular complexity index is 516. The molecular formula is C15H20FNO3. The van der Waals surface area contributed by atoms with E-state index in [1.165, 1.54) is 19.2 Å². The highest BCUT2D eigenvalue weighted by Crippen LogP contribution is 2.16. The molecule has 0 saturated heterocycles. The summed E-state index contributed by atoms with van der Waals surface area (Å²) in [6.45, 7) is 5.12. The molecule has 0 spiro atoms. The van der Waals surface area contributed by atoms with Crippen molar-refractivity contribution in [2.75, 3.05) is 7.11 Å². The normalized spacial score (nSPS) is 13.4. The molecule has 0 aliphatic heterocycles. The zero-order chi connectivity index (χ0) is 15.3. The van der Waals surface area contributed by atoms with Crippen molar-refractivity contribution in [3.05, 3.63) is 35.1 Å². The van der Waals surface area contributed by atoms with Crippen LogP contribution in [0.5, 0.6) is 0 Å². The lowest BCUT2D eigenvalue weighted by Gasteiger charge is -2.27. The number of carbonyl (C=O) groups is 2. The van der Waals surface area contributed by atoms with E-state index in [-0.39, 0.29) is 5.56 Å². The molecule has 4 nitrogen and oxygen atoms in total. The van der Waals surface area contributed by atoms with Crippen LogP contribution < -0.4 is 5.32 Å². The van der Waals surface area contributed by atoms with Crippen LogP contribution in [0.4, 0.5) is 4.39 Å². The fraction of sp³-hybridized carbons (Fsp3) is 0.467. The summed E-state index contributed by atoms with van der Waals surface area (Å²) >= 11 is 0. The average molecular weight is 281 g/mol. The lowest BCUT2D eigenvalue weighted by Crippen LogP contribution is -2.52. The van der Waals surface area contributed by atoms with E-state index in [9.17, 15) is 14.0 Å². The molecule has 0 saturated carbocycles. The van der Waals surface area contributed by atoms with Crippen LogP contribution in [0.1, 0.15) is 42.6 Å². The molecule has 0 bridgehead atoms. The van der Waals surface area contributed by atoms with E-state index in [0.29, 0.717) is 18.4 Å². The molecule has 1 amide bonds. The number of benzene rings is 1. The third kappa shape index (κ3) is 3.56. The largest absolute Gasteiger partial charge is 0.467 e. The number of halogens is 1. The number of aryl methyl sites for hydroxylation is 1. The predicted octanol–water partition coefficient (Wildman–Crippen LogP) is 2.60. The van der Waals surface area contributed by atoms with Gasteiger partial charge in [-0.3, -0.25) is 4.79 Å². The van der Waals surface area contributed by atoms with Crippen molar-refractivity contribution in [2.24, 2.45) is 0 Å². The first-order valence-electron chi connectivity index (χ1n) is 6.51. The van der Waals surface area contributed by atoms with E-state index >= 15 is 0 Å². The molecule has 1 atom stereocenters. The fourth-order valence-corrected chi connectivity index (χ4v) is 2.00. The van der Waals surface area contributed by atoms with Crippen LogP contribution in [0.3, 0.4) is 0 Å². The number of hydrogen-bond donors (Lipinski definition) is 1. The molecule has 1 aromatic rings. The summed E-state index contributed by atoms with van der Waals surface area (Å²) in [5, 5.41) is 2.63. The minimum atomic E-state index is -1.11. The van der Waals surface area contributed by atoms with E-state index in [1.54, 1.807) is 13.8 Å². The first-order valence-corrected chi connectivity index (χ1v) is 6.51. The second-order valence-electron chi connectivity index (χ2n) is 4.99. The highest BCUT2D eigenvalue weighted by molar-refractivity contribution is 5.98. The third-order valence-electron chi connectivity index (χ3n) is 3.21. The van der Waals surface area contributed by atoms with Crippen LogP contribution in [0, 0.1) is 12.7 Å². The number of rotatable bonds is 5. The standard InChI is InChI=1S/C15H20FNO3/c1-5-8-15(3,14(19)20-4)17-13(18)11-7-6-10(2)12(16)9-11/h6-7,9H,5,8H2,1-4H3,(H,17,18). The lowest BCUT2D eigenvalue weighted by atomic mass is 9.95.